The minimum Gasteiger partial charge on any atom is -0.494 e. The Labute approximate surface area is 151 Å². The van der Waals surface area contributed by atoms with Gasteiger partial charge >= 0.3 is 0 Å². The van der Waals surface area contributed by atoms with Crippen molar-refractivity contribution in [3.05, 3.63) is 24.3 Å². The molecule has 0 heterocycles. The molecule has 2 aliphatic carbocycles. The second kappa shape index (κ2) is 5.58. The van der Waals surface area contributed by atoms with Crippen molar-refractivity contribution >= 4 is 33.3 Å². The molecule has 4 nitrogen and oxygen atoms in total. The van der Waals surface area contributed by atoms with E-state index < -0.39 is 15.7 Å². The number of hydrogen-bond acceptors (Lipinski definition) is 3. The third kappa shape index (κ3) is 2.03. The molecule has 5 heteroatoms. The number of Topliss-reactive ketones (excluding diaryl/α,β-unsaturated/α-hetero) is 1. The number of amides is 1. The number of rotatable bonds is 4. The van der Waals surface area contributed by atoms with Crippen LogP contribution < -0.4 is 10.1 Å². The predicted octanol–water partition coefficient (Wildman–Crippen LogP) is 4.18. The van der Waals surface area contributed by atoms with E-state index in [4.69, 9.17) is 4.74 Å². The molecule has 1 aromatic rings. The maximum atomic E-state index is 13.2. The molecule has 0 radical (unpaired) electrons. The number of ketones is 1. The minimum absolute atomic E-state index is 0.0758. The van der Waals surface area contributed by atoms with Gasteiger partial charge in [-0.25, -0.2) is 0 Å². The number of carbonyl (C=O) groups excluding carboxylic acids is 2. The first-order valence-electron chi connectivity index (χ1n) is 8.43. The van der Waals surface area contributed by atoms with E-state index in [0.29, 0.717) is 6.61 Å². The molecule has 1 N–H and O–H groups in total. The van der Waals surface area contributed by atoms with Gasteiger partial charge in [0.05, 0.1) is 16.8 Å². The van der Waals surface area contributed by atoms with Crippen molar-refractivity contribution in [1.29, 1.82) is 0 Å². The van der Waals surface area contributed by atoms with Crippen LogP contribution in [-0.2, 0) is 9.59 Å². The summed E-state index contributed by atoms with van der Waals surface area (Å²) in [6.45, 7) is 8.65. The van der Waals surface area contributed by atoms with E-state index in [1.165, 1.54) is 0 Å². The van der Waals surface area contributed by atoms with E-state index >= 15 is 0 Å². The number of anilines is 1. The lowest BCUT2D eigenvalue weighted by atomic mass is 9.64. The van der Waals surface area contributed by atoms with Crippen LogP contribution in [0.2, 0.25) is 0 Å². The van der Waals surface area contributed by atoms with Crippen LogP contribution in [-0.4, -0.2) is 23.1 Å². The van der Waals surface area contributed by atoms with Crippen molar-refractivity contribution in [3.63, 3.8) is 0 Å². The number of fused-ring (bicyclic) bond motifs is 2. The summed E-state index contributed by atoms with van der Waals surface area (Å²) in [5.41, 5.74) is -0.823. The van der Waals surface area contributed by atoms with Crippen LogP contribution in [0.3, 0.4) is 0 Å². The lowest BCUT2D eigenvalue weighted by Gasteiger charge is -2.39. The second-order valence-corrected chi connectivity index (χ2v) is 8.48. The van der Waals surface area contributed by atoms with Gasteiger partial charge in [0.1, 0.15) is 5.75 Å². The molecule has 3 unspecified atom stereocenters. The predicted molar refractivity (Wildman–Crippen MR) is 97.5 cm³/mol. The molecule has 130 valence electrons. The fourth-order valence-electron chi connectivity index (χ4n) is 4.50. The average molecular weight is 394 g/mol. The quantitative estimate of drug-likeness (QED) is 0.780. The molecule has 0 saturated heterocycles. The van der Waals surface area contributed by atoms with Gasteiger partial charge in [-0.15, -0.1) is 0 Å². The van der Waals surface area contributed by atoms with Crippen LogP contribution in [0, 0.1) is 16.2 Å². The van der Waals surface area contributed by atoms with Crippen LogP contribution in [0.15, 0.2) is 24.3 Å². The first kappa shape index (κ1) is 17.5. The zero-order valence-electron chi connectivity index (χ0n) is 14.6. The third-order valence-electron chi connectivity index (χ3n) is 6.55. The van der Waals surface area contributed by atoms with E-state index in [1.807, 2.05) is 38.1 Å². The van der Waals surface area contributed by atoms with E-state index in [2.05, 4.69) is 35.1 Å². The van der Waals surface area contributed by atoms with E-state index in [9.17, 15) is 9.59 Å². The lowest BCUT2D eigenvalue weighted by Crippen LogP contribution is -2.47. The van der Waals surface area contributed by atoms with Crippen molar-refractivity contribution in [1.82, 2.24) is 0 Å². The highest BCUT2D eigenvalue weighted by Gasteiger charge is 2.76. The third-order valence-corrected chi connectivity index (χ3v) is 7.75. The molecule has 1 aromatic carbocycles. The monoisotopic (exact) mass is 393 g/mol. The lowest BCUT2D eigenvalue weighted by molar-refractivity contribution is -0.130. The number of hydrogen-bond donors (Lipinski definition) is 1. The SMILES string of the molecule is CCOc1ccc(NC(=O)C23CCC(C)(C(=O)C2Br)C3(C)C)cc1. The molecule has 1 amide bonds. The van der Waals surface area contributed by atoms with Gasteiger partial charge in [-0.05, 0) is 49.4 Å². The van der Waals surface area contributed by atoms with Gasteiger partial charge in [-0.2, -0.15) is 0 Å². The smallest absolute Gasteiger partial charge is 0.232 e. The molecular weight excluding hydrogens is 370 g/mol. The molecule has 2 bridgehead atoms. The number of carbonyl (C=O) groups is 2. The summed E-state index contributed by atoms with van der Waals surface area (Å²) in [4.78, 5) is 25.5. The fourth-order valence-corrected chi connectivity index (χ4v) is 6.01. The Kier molecular flexibility index (Phi) is 4.06. The molecule has 3 rings (SSSR count). The zero-order chi connectivity index (χ0) is 17.8. The van der Waals surface area contributed by atoms with Gasteiger partial charge in [-0.3, -0.25) is 9.59 Å². The normalized spacial score (nSPS) is 33.5. The van der Waals surface area contributed by atoms with Gasteiger partial charge in [0, 0.05) is 11.1 Å². The number of benzene rings is 1. The molecule has 2 saturated carbocycles. The Morgan fingerprint density at radius 3 is 2.38 bits per heavy atom. The summed E-state index contributed by atoms with van der Waals surface area (Å²) < 4.78 is 5.43. The van der Waals surface area contributed by atoms with Crippen molar-refractivity contribution < 1.29 is 14.3 Å². The molecule has 2 fully saturated rings. The highest BCUT2D eigenvalue weighted by Crippen LogP contribution is 2.72. The first-order valence-corrected chi connectivity index (χ1v) is 9.35. The Morgan fingerprint density at radius 2 is 1.88 bits per heavy atom. The minimum atomic E-state index is -0.711. The summed E-state index contributed by atoms with van der Waals surface area (Å²) in [5.74, 6) is 0.852. The highest BCUT2D eigenvalue weighted by atomic mass is 79.9. The number of ether oxygens (including phenoxy) is 1. The molecule has 0 aromatic heterocycles. The molecule has 24 heavy (non-hydrogen) atoms. The van der Waals surface area contributed by atoms with Gasteiger partial charge in [0.15, 0.2) is 5.78 Å². The zero-order valence-corrected chi connectivity index (χ0v) is 16.2. The summed E-state index contributed by atoms with van der Waals surface area (Å²) >= 11 is 3.54. The van der Waals surface area contributed by atoms with Crippen LogP contribution in [0.25, 0.3) is 0 Å². The number of halogens is 1. The van der Waals surface area contributed by atoms with Crippen molar-refractivity contribution in [2.75, 3.05) is 11.9 Å². The maximum absolute atomic E-state index is 13.2. The van der Waals surface area contributed by atoms with Crippen LogP contribution in [0.1, 0.15) is 40.5 Å². The first-order chi connectivity index (χ1) is 11.2. The van der Waals surface area contributed by atoms with Gasteiger partial charge in [0.25, 0.3) is 0 Å². The average Bonchev–Trinajstić information content (AvgIpc) is 2.81. The van der Waals surface area contributed by atoms with Crippen molar-refractivity contribution in [2.45, 2.75) is 45.4 Å². The fraction of sp³-hybridized carbons (Fsp3) is 0.579. The van der Waals surface area contributed by atoms with E-state index in [1.54, 1.807) is 0 Å². The highest BCUT2D eigenvalue weighted by molar-refractivity contribution is 9.10. The topological polar surface area (TPSA) is 55.4 Å². The summed E-state index contributed by atoms with van der Waals surface area (Å²) in [5, 5.41) is 3.02. The van der Waals surface area contributed by atoms with Crippen LogP contribution in [0.5, 0.6) is 5.75 Å². The Bertz CT molecular complexity index is 684. The van der Waals surface area contributed by atoms with Crippen LogP contribution in [0.4, 0.5) is 5.69 Å². The number of nitrogens with one attached hydrogen (secondary N) is 1. The molecule has 0 aliphatic heterocycles. The molecule has 0 spiro atoms. The molecule has 2 aliphatic rings. The van der Waals surface area contributed by atoms with E-state index in [0.717, 1.165) is 24.3 Å². The summed E-state index contributed by atoms with van der Waals surface area (Å²) in [7, 11) is 0. The number of alkyl halides is 1. The largest absolute Gasteiger partial charge is 0.494 e. The van der Waals surface area contributed by atoms with Gasteiger partial charge in [-0.1, -0.05) is 36.7 Å². The summed E-state index contributed by atoms with van der Waals surface area (Å²) in [6, 6.07) is 7.35. The molecular formula is C19H24BrNO3. The Balaban J connectivity index is 1.88. The van der Waals surface area contributed by atoms with Gasteiger partial charge < -0.3 is 10.1 Å². The standard InChI is InChI=1S/C19H24BrNO3/c1-5-24-13-8-6-12(7-9-13)21-16(23)19-11-10-18(4,17(19,2)3)15(22)14(19)20/h6-9,14H,5,10-11H2,1-4H3,(H,21,23). The maximum Gasteiger partial charge on any atom is 0.232 e. The van der Waals surface area contributed by atoms with E-state index in [-0.39, 0.29) is 17.1 Å². The van der Waals surface area contributed by atoms with Crippen molar-refractivity contribution in [2.24, 2.45) is 16.2 Å². The summed E-state index contributed by atoms with van der Waals surface area (Å²) in [6.07, 6.45) is 1.48. The van der Waals surface area contributed by atoms with Crippen LogP contribution >= 0.6 is 15.9 Å². The van der Waals surface area contributed by atoms with Crippen molar-refractivity contribution in [3.8, 4) is 5.75 Å². The molecule has 3 atom stereocenters. The Morgan fingerprint density at radius 1 is 1.25 bits per heavy atom. The van der Waals surface area contributed by atoms with Gasteiger partial charge in [0.2, 0.25) is 5.91 Å². The Hall–Kier alpha value is -1.36. The second-order valence-electron chi connectivity index (χ2n) is 7.57.